The maximum absolute atomic E-state index is 7.58. The molecule has 2 aromatic heterocycles. The van der Waals surface area contributed by atoms with E-state index >= 15 is 0 Å². The average molecular weight is 1060 g/mol. The molecule has 4 nitrogen and oxygen atoms in total. The van der Waals surface area contributed by atoms with Gasteiger partial charge in [0, 0.05) is 50.0 Å². The first-order chi connectivity index (χ1) is 38.7. The van der Waals surface area contributed by atoms with Crippen LogP contribution >= 0.6 is 0 Å². The third-order valence-electron chi connectivity index (χ3n) is 17.7. The van der Waals surface area contributed by atoms with Gasteiger partial charge in [-0.05, 0) is 150 Å². The Kier molecular flexibility index (Phi) is 11.1. The summed E-state index contributed by atoms with van der Waals surface area (Å²) in [5.74, 6) is 0. The molecule has 0 unspecified atom stereocenters. The van der Waals surface area contributed by atoms with Crippen molar-refractivity contribution in [1.29, 1.82) is 0 Å². The lowest BCUT2D eigenvalue weighted by molar-refractivity contribution is 0.590. The predicted octanol–water partition coefficient (Wildman–Crippen LogP) is 22.0. The lowest BCUT2D eigenvalue weighted by atomic mass is 9.70. The van der Waals surface area contributed by atoms with E-state index in [0.29, 0.717) is 0 Å². The van der Waals surface area contributed by atoms with E-state index < -0.39 is 5.41 Å². The highest BCUT2D eigenvalue weighted by Crippen LogP contribution is 2.68. The smallest absolute Gasteiger partial charge is 0.160 e. The lowest BCUT2D eigenvalue weighted by Gasteiger charge is -2.34. The number of nitrogens with zero attached hydrogens (tertiary/aromatic N) is 2. The van der Waals surface area contributed by atoms with Crippen molar-refractivity contribution in [1.82, 2.24) is 0 Å². The Labute approximate surface area is 477 Å². The van der Waals surface area contributed by atoms with Crippen LogP contribution in [0.2, 0.25) is 0 Å². The highest BCUT2D eigenvalue weighted by Gasteiger charge is 2.54. The summed E-state index contributed by atoms with van der Waals surface area (Å²) in [5, 5.41) is 4.27. The summed E-state index contributed by atoms with van der Waals surface area (Å²) in [6, 6.07) is 77.5. The van der Waals surface area contributed by atoms with Gasteiger partial charge in [0.1, 0.15) is 16.7 Å². The second-order valence-electron chi connectivity index (χ2n) is 26.9. The molecule has 12 aromatic rings. The van der Waals surface area contributed by atoms with Crippen molar-refractivity contribution >= 4 is 78.0 Å². The number of rotatable bonds is 6. The van der Waals surface area contributed by atoms with Crippen molar-refractivity contribution in [2.75, 3.05) is 9.80 Å². The Morgan fingerprint density at radius 2 is 0.642 bits per heavy atom. The van der Waals surface area contributed by atoms with Gasteiger partial charge < -0.3 is 18.6 Å². The van der Waals surface area contributed by atoms with Crippen molar-refractivity contribution in [3.05, 3.63) is 251 Å². The number of hydrogen-bond donors (Lipinski definition) is 0. The fraction of sp³-hybridized carbons (Fsp3) is 0.221. The van der Waals surface area contributed by atoms with Gasteiger partial charge in [-0.25, -0.2) is 0 Å². The summed E-state index contributed by atoms with van der Waals surface area (Å²) in [5.41, 5.74) is 23.4. The van der Waals surface area contributed by atoms with Crippen LogP contribution in [0.4, 0.5) is 34.1 Å². The molecule has 0 aliphatic heterocycles. The van der Waals surface area contributed by atoms with E-state index in [1.54, 1.807) is 0 Å². The van der Waals surface area contributed by atoms with Crippen LogP contribution in [0, 0.1) is 0 Å². The van der Waals surface area contributed by atoms with Gasteiger partial charge in [0.05, 0.1) is 22.2 Å². The molecule has 400 valence electrons. The molecule has 0 saturated heterocycles. The molecule has 0 amide bonds. The Morgan fingerprint density at radius 1 is 0.309 bits per heavy atom. The minimum Gasteiger partial charge on any atom is -0.455 e. The molecule has 0 radical (unpaired) electrons. The van der Waals surface area contributed by atoms with Crippen molar-refractivity contribution in [3.63, 3.8) is 0 Å². The Bertz CT molecular complexity index is 4300. The molecule has 81 heavy (non-hydrogen) atoms. The molecule has 0 saturated carbocycles. The molecule has 2 aliphatic carbocycles. The number of benzene rings is 10. The van der Waals surface area contributed by atoms with Crippen molar-refractivity contribution < 1.29 is 8.83 Å². The Balaban J connectivity index is 1.16. The van der Waals surface area contributed by atoms with Crippen LogP contribution in [0.5, 0.6) is 0 Å². The summed E-state index contributed by atoms with van der Waals surface area (Å²) in [4.78, 5) is 4.94. The quantitative estimate of drug-likeness (QED) is 0.166. The van der Waals surface area contributed by atoms with Gasteiger partial charge in [-0.2, -0.15) is 0 Å². The van der Waals surface area contributed by atoms with Crippen LogP contribution in [0.1, 0.15) is 128 Å². The number of furan rings is 2. The molecular weight excluding hydrogens is 985 g/mol. The topological polar surface area (TPSA) is 32.8 Å². The van der Waals surface area contributed by atoms with Crippen LogP contribution in [-0.2, 0) is 27.1 Å². The van der Waals surface area contributed by atoms with Crippen molar-refractivity contribution in [3.8, 4) is 22.3 Å². The first kappa shape index (κ1) is 50.6. The standard InChI is InChI=1S/C77H70N2O2/c1-73(2,3)47-29-37-51(38-30-47)78(52-39-31-48(32-40-52)74(4,5)6)63-45-62-70(72-67(63)57-23-15-19-27-65(57)81-72)69-61(77(62)59-25-17-13-21-55(59)56-22-14-18-26-60(56)77)46-64(71-68(69)58-24-16-20-28-66(58)80-71)79(53-41-33-49(34-42-53)75(7,8)9)54-43-35-50(36-44-54)76(10,11)12/h13-46H,1-12H3. The lowest BCUT2D eigenvalue weighted by Crippen LogP contribution is -2.26. The Morgan fingerprint density at radius 3 is 1.06 bits per heavy atom. The first-order valence-corrected chi connectivity index (χ1v) is 28.9. The van der Waals surface area contributed by atoms with Crippen LogP contribution in [-0.4, -0.2) is 0 Å². The van der Waals surface area contributed by atoms with Gasteiger partial charge >= 0.3 is 0 Å². The highest BCUT2D eigenvalue weighted by atomic mass is 16.3. The molecule has 0 atom stereocenters. The average Bonchev–Trinajstić information content (AvgIpc) is 3.76. The van der Waals surface area contributed by atoms with Gasteiger partial charge in [-0.15, -0.1) is 0 Å². The first-order valence-electron chi connectivity index (χ1n) is 28.9. The number of para-hydroxylation sites is 2. The monoisotopic (exact) mass is 1050 g/mol. The van der Waals surface area contributed by atoms with Gasteiger partial charge in [0.2, 0.25) is 0 Å². The summed E-state index contributed by atoms with van der Waals surface area (Å²) in [6.07, 6.45) is 0. The second kappa shape index (κ2) is 17.7. The summed E-state index contributed by atoms with van der Waals surface area (Å²) < 4.78 is 15.0. The molecule has 0 fully saturated rings. The van der Waals surface area contributed by atoms with Gasteiger partial charge in [-0.3, -0.25) is 0 Å². The Hall–Kier alpha value is -8.60. The maximum Gasteiger partial charge on any atom is 0.160 e. The fourth-order valence-electron chi connectivity index (χ4n) is 13.5. The maximum atomic E-state index is 7.58. The largest absolute Gasteiger partial charge is 0.455 e. The van der Waals surface area contributed by atoms with E-state index in [4.69, 9.17) is 8.83 Å². The SMILES string of the molecule is CC(C)(C)c1ccc(N(c2ccc(C(C)(C)C)cc2)c2cc3c(c4c2oc2ccccc24)-c2c(cc(N(c4ccc(C(C)(C)C)cc4)c4ccc(C(C)(C)C)cc4)c4c2oc2ccccc24)C32c3ccccc3-c3ccccc32)cc1. The third kappa shape index (κ3) is 7.69. The normalized spacial score (nSPS) is 13.8. The van der Waals surface area contributed by atoms with Crippen LogP contribution in [0.15, 0.2) is 215 Å². The molecule has 0 bridgehead atoms. The molecule has 10 aromatic carbocycles. The van der Waals surface area contributed by atoms with E-state index in [9.17, 15) is 0 Å². The predicted molar refractivity (Wildman–Crippen MR) is 341 cm³/mol. The second-order valence-corrected chi connectivity index (χ2v) is 26.9. The minimum atomic E-state index is -0.809. The zero-order chi connectivity index (χ0) is 56.1. The number of fused-ring (bicyclic) bond motifs is 18. The van der Waals surface area contributed by atoms with E-state index in [1.165, 1.54) is 55.6 Å². The van der Waals surface area contributed by atoms with Gasteiger partial charge in [0.15, 0.2) is 5.58 Å². The van der Waals surface area contributed by atoms with Crippen LogP contribution < -0.4 is 9.80 Å². The molecular formula is C77H70N2O2. The number of anilines is 6. The van der Waals surface area contributed by atoms with Crippen LogP contribution in [0.3, 0.4) is 0 Å². The summed E-state index contributed by atoms with van der Waals surface area (Å²) >= 11 is 0. The minimum absolute atomic E-state index is 0.0243. The van der Waals surface area contributed by atoms with Crippen molar-refractivity contribution in [2.24, 2.45) is 0 Å². The third-order valence-corrected chi connectivity index (χ3v) is 17.7. The molecule has 2 aliphatic rings. The van der Waals surface area contributed by atoms with Gasteiger partial charge in [-0.1, -0.05) is 217 Å². The number of hydrogen-bond acceptors (Lipinski definition) is 4. The molecule has 2 heterocycles. The van der Waals surface area contributed by atoms with E-state index in [-0.39, 0.29) is 21.7 Å². The molecule has 4 heteroatoms. The van der Waals surface area contributed by atoms with Gasteiger partial charge in [0.25, 0.3) is 0 Å². The zero-order valence-electron chi connectivity index (χ0n) is 48.8. The van der Waals surface area contributed by atoms with E-state index in [0.717, 1.165) is 89.1 Å². The van der Waals surface area contributed by atoms with E-state index in [2.05, 4.69) is 299 Å². The van der Waals surface area contributed by atoms with E-state index in [1.807, 2.05) is 0 Å². The molecule has 1 spiro atoms. The summed E-state index contributed by atoms with van der Waals surface area (Å²) in [6.45, 7) is 27.4. The molecule has 14 rings (SSSR count). The highest BCUT2D eigenvalue weighted by molar-refractivity contribution is 6.26. The summed E-state index contributed by atoms with van der Waals surface area (Å²) in [7, 11) is 0. The zero-order valence-corrected chi connectivity index (χ0v) is 48.8. The van der Waals surface area contributed by atoms with Crippen molar-refractivity contribution in [2.45, 2.75) is 110 Å². The fourth-order valence-corrected chi connectivity index (χ4v) is 13.5. The molecule has 0 N–H and O–H groups in total. The van der Waals surface area contributed by atoms with Crippen LogP contribution in [0.25, 0.3) is 66.1 Å².